The second-order valence-corrected chi connectivity index (χ2v) is 8.17. The molecule has 2 N–H and O–H groups in total. The van der Waals surface area contributed by atoms with E-state index in [1.807, 2.05) is 11.8 Å². The zero-order valence-electron chi connectivity index (χ0n) is 12.0. The summed E-state index contributed by atoms with van der Waals surface area (Å²) in [7, 11) is 0. The minimum absolute atomic E-state index is 0.0194. The minimum Gasteiger partial charge on any atom is -0.375 e. The van der Waals surface area contributed by atoms with Crippen LogP contribution in [0, 0.1) is 11.7 Å². The third-order valence-corrected chi connectivity index (χ3v) is 6.47. The molecule has 2 saturated heterocycles. The van der Waals surface area contributed by atoms with E-state index in [1.165, 1.54) is 17.6 Å². The third kappa shape index (κ3) is 3.46. The molecule has 0 aromatic heterocycles. The molecule has 2 aliphatic rings. The van der Waals surface area contributed by atoms with Crippen molar-refractivity contribution >= 4 is 27.7 Å². The van der Waals surface area contributed by atoms with E-state index in [-0.39, 0.29) is 17.5 Å². The second-order valence-electron chi connectivity index (χ2n) is 6.09. The van der Waals surface area contributed by atoms with Crippen molar-refractivity contribution in [2.75, 3.05) is 18.1 Å². The van der Waals surface area contributed by atoms with Crippen LogP contribution in [-0.2, 0) is 4.74 Å². The summed E-state index contributed by atoms with van der Waals surface area (Å²) in [6, 6.07) is 4.64. The van der Waals surface area contributed by atoms with Gasteiger partial charge in [-0.25, -0.2) is 4.39 Å². The monoisotopic (exact) mass is 373 g/mol. The maximum atomic E-state index is 13.5. The first-order valence-electron chi connectivity index (χ1n) is 7.52. The van der Waals surface area contributed by atoms with E-state index in [0.29, 0.717) is 5.92 Å². The standard InChI is InChI=1S/C16H21BrFNOS/c17-14-2-1-12(18)9-13(14)15(19)11-3-6-20-16(10-11)4-7-21-8-5-16/h1-2,9,11,15H,3-8,10,19H2. The predicted molar refractivity (Wildman–Crippen MR) is 89.0 cm³/mol. The summed E-state index contributed by atoms with van der Waals surface area (Å²) in [6.45, 7) is 0.774. The van der Waals surface area contributed by atoms with Crippen LogP contribution in [-0.4, -0.2) is 23.7 Å². The molecule has 2 fully saturated rings. The maximum absolute atomic E-state index is 13.5. The molecule has 1 spiro atoms. The molecule has 2 unspecified atom stereocenters. The van der Waals surface area contributed by atoms with E-state index in [1.54, 1.807) is 12.1 Å². The normalized spacial score (nSPS) is 26.7. The Morgan fingerprint density at radius 3 is 2.90 bits per heavy atom. The molecule has 2 aliphatic heterocycles. The maximum Gasteiger partial charge on any atom is 0.123 e. The van der Waals surface area contributed by atoms with Crippen molar-refractivity contribution in [3.63, 3.8) is 0 Å². The van der Waals surface area contributed by atoms with Crippen LogP contribution >= 0.6 is 27.7 Å². The van der Waals surface area contributed by atoms with Gasteiger partial charge in [-0.2, -0.15) is 11.8 Å². The summed E-state index contributed by atoms with van der Waals surface area (Å²) in [5, 5.41) is 0. The number of halogens is 2. The van der Waals surface area contributed by atoms with Crippen LogP contribution in [0.3, 0.4) is 0 Å². The molecule has 21 heavy (non-hydrogen) atoms. The highest BCUT2D eigenvalue weighted by atomic mass is 79.9. The fourth-order valence-corrected chi connectivity index (χ4v) is 5.24. The number of benzene rings is 1. The highest BCUT2D eigenvalue weighted by Crippen LogP contribution is 2.43. The Labute approximate surface area is 138 Å². The molecule has 1 aromatic carbocycles. The van der Waals surface area contributed by atoms with Gasteiger partial charge in [0.25, 0.3) is 0 Å². The molecule has 5 heteroatoms. The van der Waals surface area contributed by atoms with Crippen LogP contribution in [0.25, 0.3) is 0 Å². The van der Waals surface area contributed by atoms with Crippen molar-refractivity contribution in [1.82, 2.24) is 0 Å². The highest BCUT2D eigenvalue weighted by Gasteiger charge is 2.40. The first-order chi connectivity index (χ1) is 10.1. The lowest BCUT2D eigenvalue weighted by Gasteiger charge is -2.45. The Morgan fingerprint density at radius 1 is 1.38 bits per heavy atom. The lowest BCUT2D eigenvalue weighted by Crippen LogP contribution is -2.45. The van der Waals surface area contributed by atoms with Gasteiger partial charge in [0, 0.05) is 17.1 Å². The van der Waals surface area contributed by atoms with Crippen LogP contribution in [0.1, 0.15) is 37.3 Å². The molecule has 2 heterocycles. The molecular weight excluding hydrogens is 353 g/mol. The molecular formula is C16H21BrFNOS. The molecule has 0 saturated carbocycles. The fourth-order valence-electron chi connectivity index (χ4n) is 3.49. The van der Waals surface area contributed by atoms with E-state index < -0.39 is 0 Å². The average Bonchev–Trinajstić information content (AvgIpc) is 2.50. The Kier molecular flexibility index (Phi) is 4.94. The van der Waals surface area contributed by atoms with Crippen LogP contribution in [0.2, 0.25) is 0 Å². The van der Waals surface area contributed by atoms with Crippen molar-refractivity contribution in [2.45, 2.75) is 37.3 Å². The number of nitrogens with two attached hydrogens (primary N) is 1. The number of rotatable bonds is 2. The summed E-state index contributed by atoms with van der Waals surface area (Å²) in [5.74, 6) is 2.48. The molecule has 0 radical (unpaired) electrons. The minimum atomic E-state index is -0.223. The van der Waals surface area contributed by atoms with E-state index in [0.717, 1.165) is 42.3 Å². The smallest absolute Gasteiger partial charge is 0.123 e. The largest absolute Gasteiger partial charge is 0.375 e. The molecule has 0 bridgehead atoms. The van der Waals surface area contributed by atoms with Crippen LogP contribution in [0.4, 0.5) is 4.39 Å². The first-order valence-corrected chi connectivity index (χ1v) is 9.47. The Morgan fingerprint density at radius 2 is 2.14 bits per heavy atom. The molecule has 116 valence electrons. The van der Waals surface area contributed by atoms with Gasteiger partial charge in [-0.3, -0.25) is 0 Å². The van der Waals surface area contributed by atoms with Gasteiger partial charge in [-0.1, -0.05) is 15.9 Å². The highest BCUT2D eigenvalue weighted by molar-refractivity contribution is 9.10. The van der Waals surface area contributed by atoms with Crippen molar-refractivity contribution in [1.29, 1.82) is 0 Å². The number of hydrogen-bond donors (Lipinski definition) is 1. The van der Waals surface area contributed by atoms with E-state index >= 15 is 0 Å². The van der Waals surface area contributed by atoms with Gasteiger partial charge < -0.3 is 10.5 Å². The van der Waals surface area contributed by atoms with Crippen LogP contribution in [0.5, 0.6) is 0 Å². The van der Waals surface area contributed by atoms with Crippen LogP contribution < -0.4 is 5.73 Å². The fraction of sp³-hybridized carbons (Fsp3) is 0.625. The Balaban J connectivity index is 1.77. The molecule has 0 amide bonds. The average molecular weight is 374 g/mol. The zero-order valence-corrected chi connectivity index (χ0v) is 14.4. The number of hydrogen-bond acceptors (Lipinski definition) is 3. The topological polar surface area (TPSA) is 35.2 Å². The van der Waals surface area contributed by atoms with Gasteiger partial charge in [0.2, 0.25) is 0 Å². The first kappa shape index (κ1) is 15.8. The van der Waals surface area contributed by atoms with Gasteiger partial charge in [-0.05, 0) is 66.9 Å². The van der Waals surface area contributed by atoms with Crippen molar-refractivity contribution in [3.8, 4) is 0 Å². The zero-order chi connectivity index (χ0) is 14.9. The lowest BCUT2D eigenvalue weighted by molar-refractivity contribution is -0.105. The summed E-state index contributed by atoms with van der Waals surface area (Å²) < 4.78 is 20.5. The summed E-state index contributed by atoms with van der Waals surface area (Å²) in [4.78, 5) is 0. The SMILES string of the molecule is NC(c1cc(F)ccc1Br)C1CCOC2(CCSCC2)C1. The molecule has 3 rings (SSSR count). The van der Waals surface area contributed by atoms with Crippen molar-refractivity contribution < 1.29 is 9.13 Å². The van der Waals surface area contributed by atoms with Crippen LogP contribution in [0.15, 0.2) is 22.7 Å². The number of thioether (sulfide) groups is 1. The summed E-state index contributed by atoms with van der Waals surface area (Å²) in [5.41, 5.74) is 7.37. The number of ether oxygens (including phenoxy) is 1. The Bertz CT molecular complexity index is 502. The van der Waals surface area contributed by atoms with E-state index in [2.05, 4.69) is 15.9 Å². The molecule has 1 aromatic rings. The molecule has 2 nitrogen and oxygen atoms in total. The van der Waals surface area contributed by atoms with Gasteiger partial charge in [0.05, 0.1) is 5.60 Å². The van der Waals surface area contributed by atoms with Gasteiger partial charge in [0.1, 0.15) is 5.82 Å². The Hall–Kier alpha value is -0.100. The summed E-state index contributed by atoms with van der Waals surface area (Å²) >= 11 is 5.51. The van der Waals surface area contributed by atoms with E-state index in [9.17, 15) is 4.39 Å². The van der Waals surface area contributed by atoms with Gasteiger partial charge in [-0.15, -0.1) is 0 Å². The second kappa shape index (κ2) is 6.57. The predicted octanol–water partition coefficient (Wildman–Crippen LogP) is 4.28. The lowest BCUT2D eigenvalue weighted by atomic mass is 9.77. The van der Waals surface area contributed by atoms with Crippen molar-refractivity contribution in [3.05, 3.63) is 34.1 Å². The quantitative estimate of drug-likeness (QED) is 0.839. The summed E-state index contributed by atoms with van der Waals surface area (Å²) in [6.07, 6.45) is 4.19. The van der Waals surface area contributed by atoms with Gasteiger partial charge >= 0.3 is 0 Å². The van der Waals surface area contributed by atoms with Gasteiger partial charge in [0.15, 0.2) is 0 Å². The van der Waals surface area contributed by atoms with Crippen molar-refractivity contribution in [2.24, 2.45) is 11.7 Å². The molecule has 0 aliphatic carbocycles. The van der Waals surface area contributed by atoms with E-state index in [4.69, 9.17) is 10.5 Å². The third-order valence-electron chi connectivity index (χ3n) is 4.76. The molecule has 2 atom stereocenters.